The number of amides is 3. The van der Waals surface area contributed by atoms with Crippen LogP contribution in [-0.2, 0) is 14.4 Å². The molecule has 3 aromatic rings. The molecule has 33 heavy (non-hydrogen) atoms. The van der Waals surface area contributed by atoms with Crippen LogP contribution in [0.4, 0.5) is 17.1 Å². The number of ether oxygens (including phenoxy) is 2. The summed E-state index contributed by atoms with van der Waals surface area (Å²) >= 11 is 1.37. The van der Waals surface area contributed by atoms with E-state index in [0.717, 1.165) is 4.90 Å². The van der Waals surface area contributed by atoms with Crippen LogP contribution in [0.25, 0.3) is 5.57 Å². The number of rotatable bonds is 7. The van der Waals surface area contributed by atoms with E-state index >= 15 is 0 Å². The van der Waals surface area contributed by atoms with Crippen molar-refractivity contribution in [3.63, 3.8) is 0 Å². The van der Waals surface area contributed by atoms with Crippen molar-refractivity contribution in [2.45, 2.75) is 6.92 Å². The van der Waals surface area contributed by atoms with Crippen molar-refractivity contribution < 1.29 is 23.9 Å². The van der Waals surface area contributed by atoms with E-state index in [1.165, 1.54) is 32.5 Å². The zero-order chi connectivity index (χ0) is 23.5. The minimum absolute atomic E-state index is 0.167. The number of thiophene rings is 1. The summed E-state index contributed by atoms with van der Waals surface area (Å²) in [7, 11) is 3.06. The first kappa shape index (κ1) is 22.1. The fourth-order valence-electron chi connectivity index (χ4n) is 3.48. The van der Waals surface area contributed by atoms with Crippen LogP contribution in [0.1, 0.15) is 11.8 Å². The lowest BCUT2D eigenvalue weighted by Gasteiger charge is -2.16. The molecule has 0 unspecified atom stereocenters. The second-order valence-corrected chi connectivity index (χ2v) is 8.04. The molecule has 2 N–H and O–H groups in total. The smallest absolute Gasteiger partial charge is 0.282 e. The number of benzene rings is 2. The van der Waals surface area contributed by atoms with Crippen LogP contribution in [0.15, 0.2) is 65.7 Å². The molecule has 0 fully saturated rings. The number of methoxy groups -OCH3 is 2. The Morgan fingerprint density at radius 1 is 0.909 bits per heavy atom. The summed E-state index contributed by atoms with van der Waals surface area (Å²) in [5.74, 6) is -0.0875. The molecule has 4 rings (SSSR count). The van der Waals surface area contributed by atoms with Crippen LogP contribution in [-0.4, -0.2) is 31.9 Å². The highest BCUT2D eigenvalue weighted by molar-refractivity contribution is 7.11. The highest BCUT2D eigenvalue weighted by Gasteiger charge is 2.40. The molecule has 0 bridgehead atoms. The third kappa shape index (κ3) is 4.31. The van der Waals surface area contributed by atoms with Gasteiger partial charge in [-0.15, -0.1) is 11.3 Å². The van der Waals surface area contributed by atoms with Gasteiger partial charge in [0.15, 0.2) is 11.5 Å². The molecule has 8 nitrogen and oxygen atoms in total. The minimum Gasteiger partial charge on any atom is -0.493 e. The van der Waals surface area contributed by atoms with Gasteiger partial charge < -0.3 is 20.1 Å². The van der Waals surface area contributed by atoms with E-state index < -0.39 is 11.8 Å². The number of carbonyl (C=O) groups excluding carboxylic acids is 3. The van der Waals surface area contributed by atoms with Crippen molar-refractivity contribution in [2.75, 3.05) is 29.8 Å². The second kappa shape index (κ2) is 9.17. The van der Waals surface area contributed by atoms with Crippen molar-refractivity contribution in [3.8, 4) is 11.5 Å². The average Bonchev–Trinajstić information content (AvgIpc) is 3.41. The lowest BCUT2D eigenvalue weighted by molar-refractivity contribution is -0.120. The number of nitrogens with zero attached hydrogens (tertiary/aromatic N) is 1. The maximum Gasteiger partial charge on any atom is 0.282 e. The van der Waals surface area contributed by atoms with Crippen LogP contribution in [0.5, 0.6) is 11.5 Å². The summed E-state index contributed by atoms with van der Waals surface area (Å²) in [5, 5.41) is 7.62. The standard InChI is InChI=1S/C24H21N3O5S/c1-14(28)25-15-6-9-17(10-7-15)27-23(29)21(20-5-4-12-33-20)22(24(27)30)26-16-8-11-18(31-2)19(13-16)32-3/h4-13,26H,1-3H3,(H,25,28). The summed E-state index contributed by atoms with van der Waals surface area (Å²) in [6.45, 7) is 1.41. The van der Waals surface area contributed by atoms with E-state index in [0.29, 0.717) is 33.4 Å². The van der Waals surface area contributed by atoms with Gasteiger partial charge in [-0.3, -0.25) is 14.4 Å². The Hall–Kier alpha value is -4.11. The average molecular weight is 464 g/mol. The van der Waals surface area contributed by atoms with E-state index in [2.05, 4.69) is 10.6 Å². The maximum absolute atomic E-state index is 13.4. The first-order chi connectivity index (χ1) is 15.9. The number of carbonyl (C=O) groups is 3. The Bertz CT molecular complexity index is 1250. The third-order valence-electron chi connectivity index (χ3n) is 4.95. The molecule has 0 atom stereocenters. The van der Waals surface area contributed by atoms with Gasteiger partial charge in [0.25, 0.3) is 11.8 Å². The number of hydrogen-bond acceptors (Lipinski definition) is 7. The molecule has 2 aromatic carbocycles. The van der Waals surface area contributed by atoms with Gasteiger partial charge in [0.1, 0.15) is 5.70 Å². The van der Waals surface area contributed by atoms with E-state index in [1.54, 1.807) is 48.5 Å². The molecule has 1 aliphatic rings. The summed E-state index contributed by atoms with van der Waals surface area (Å²) in [6, 6.07) is 15.3. The van der Waals surface area contributed by atoms with Gasteiger partial charge in [-0.05, 0) is 47.8 Å². The van der Waals surface area contributed by atoms with Crippen LogP contribution in [0, 0.1) is 0 Å². The maximum atomic E-state index is 13.4. The summed E-state index contributed by atoms with van der Waals surface area (Å²) in [4.78, 5) is 39.9. The van der Waals surface area contributed by atoms with E-state index in [1.807, 2.05) is 11.4 Å². The van der Waals surface area contributed by atoms with Crippen LogP contribution >= 0.6 is 11.3 Å². The van der Waals surface area contributed by atoms with Gasteiger partial charge >= 0.3 is 0 Å². The molecule has 9 heteroatoms. The highest BCUT2D eigenvalue weighted by atomic mass is 32.1. The van der Waals surface area contributed by atoms with Gasteiger partial charge in [0.05, 0.1) is 25.5 Å². The number of anilines is 3. The SMILES string of the molecule is COc1ccc(NC2=C(c3cccs3)C(=O)N(c3ccc(NC(C)=O)cc3)C2=O)cc1OC. The summed E-state index contributed by atoms with van der Waals surface area (Å²) in [5.41, 5.74) is 2.00. The lowest BCUT2D eigenvalue weighted by atomic mass is 10.1. The molecule has 1 aromatic heterocycles. The van der Waals surface area contributed by atoms with Crippen LogP contribution < -0.4 is 25.0 Å². The second-order valence-electron chi connectivity index (χ2n) is 7.10. The van der Waals surface area contributed by atoms with Crippen molar-refractivity contribution in [3.05, 3.63) is 70.6 Å². The molecule has 0 spiro atoms. The largest absolute Gasteiger partial charge is 0.493 e. The molecule has 168 valence electrons. The molecule has 1 aliphatic heterocycles. The number of hydrogen-bond donors (Lipinski definition) is 2. The van der Waals surface area contributed by atoms with Gasteiger partial charge in [0.2, 0.25) is 5.91 Å². The molecule has 3 amide bonds. The zero-order valence-electron chi connectivity index (χ0n) is 18.2. The van der Waals surface area contributed by atoms with Crippen LogP contribution in [0.3, 0.4) is 0 Å². The summed E-state index contributed by atoms with van der Waals surface area (Å²) < 4.78 is 10.6. The van der Waals surface area contributed by atoms with Crippen molar-refractivity contribution in [2.24, 2.45) is 0 Å². The first-order valence-corrected chi connectivity index (χ1v) is 10.8. The predicted octanol–water partition coefficient (Wildman–Crippen LogP) is 4.12. The van der Waals surface area contributed by atoms with Gasteiger partial charge in [-0.1, -0.05) is 6.07 Å². The topological polar surface area (TPSA) is 97.0 Å². The normalized spacial score (nSPS) is 13.4. The third-order valence-corrected chi connectivity index (χ3v) is 5.84. The monoisotopic (exact) mass is 463 g/mol. The Labute approximate surface area is 194 Å². The van der Waals surface area contributed by atoms with E-state index in [4.69, 9.17) is 9.47 Å². The zero-order valence-corrected chi connectivity index (χ0v) is 19.0. The van der Waals surface area contributed by atoms with Gasteiger partial charge in [-0.25, -0.2) is 4.90 Å². The Morgan fingerprint density at radius 2 is 1.61 bits per heavy atom. The fraction of sp³-hybridized carbons (Fsp3) is 0.125. The van der Waals surface area contributed by atoms with Crippen molar-refractivity contribution in [1.82, 2.24) is 0 Å². The number of imide groups is 1. The lowest BCUT2D eigenvalue weighted by Crippen LogP contribution is -2.32. The Morgan fingerprint density at radius 3 is 2.21 bits per heavy atom. The van der Waals surface area contributed by atoms with Crippen LogP contribution in [0.2, 0.25) is 0 Å². The van der Waals surface area contributed by atoms with E-state index in [-0.39, 0.29) is 17.2 Å². The molecule has 0 saturated heterocycles. The van der Waals surface area contributed by atoms with E-state index in [9.17, 15) is 14.4 Å². The van der Waals surface area contributed by atoms with Gasteiger partial charge in [0, 0.05) is 29.2 Å². The minimum atomic E-state index is -0.481. The fourth-order valence-corrected chi connectivity index (χ4v) is 4.25. The molecule has 0 radical (unpaired) electrons. The summed E-state index contributed by atoms with van der Waals surface area (Å²) in [6.07, 6.45) is 0. The van der Waals surface area contributed by atoms with Gasteiger partial charge in [-0.2, -0.15) is 0 Å². The molecular formula is C24H21N3O5S. The predicted molar refractivity (Wildman–Crippen MR) is 128 cm³/mol. The molecule has 2 heterocycles. The molecule has 0 aliphatic carbocycles. The molecular weight excluding hydrogens is 442 g/mol. The quantitative estimate of drug-likeness (QED) is 0.512. The van der Waals surface area contributed by atoms with Crippen molar-refractivity contribution in [1.29, 1.82) is 0 Å². The number of nitrogens with one attached hydrogen (secondary N) is 2. The Kier molecular flexibility index (Phi) is 6.14. The highest BCUT2D eigenvalue weighted by Crippen LogP contribution is 2.37. The molecule has 0 saturated carbocycles. The van der Waals surface area contributed by atoms with Crippen molar-refractivity contribution >= 4 is 51.7 Å². The Balaban J connectivity index is 1.71. The first-order valence-electron chi connectivity index (χ1n) is 9.96.